The van der Waals surface area contributed by atoms with E-state index >= 15 is 0 Å². The highest BCUT2D eigenvalue weighted by molar-refractivity contribution is 5.91. The van der Waals surface area contributed by atoms with Crippen molar-refractivity contribution >= 4 is 12.2 Å². The zero-order valence-corrected chi connectivity index (χ0v) is 6.70. The van der Waals surface area contributed by atoms with Crippen LogP contribution in [0.1, 0.15) is 0 Å². The molecule has 0 aromatic heterocycles. The van der Waals surface area contributed by atoms with Crippen LogP contribution in [0, 0.1) is 0 Å². The Morgan fingerprint density at radius 3 is 2.73 bits per heavy atom. The summed E-state index contributed by atoms with van der Waals surface area (Å²) in [5, 5.41) is 0. The van der Waals surface area contributed by atoms with Crippen LogP contribution in [-0.2, 0) is 9.53 Å². The fourth-order valence-electron chi connectivity index (χ4n) is 0.444. The lowest BCUT2D eigenvalue weighted by molar-refractivity contribution is -0.135. The lowest BCUT2D eigenvalue weighted by atomic mass is 10.3. The molecule has 0 bridgehead atoms. The van der Waals surface area contributed by atoms with Crippen molar-refractivity contribution in [2.24, 2.45) is 4.99 Å². The van der Waals surface area contributed by atoms with E-state index in [-0.39, 0.29) is 0 Å². The number of hydrogen-bond donors (Lipinski definition) is 0. The first-order valence-corrected chi connectivity index (χ1v) is 3.08. The molecule has 0 heterocycles. The van der Waals surface area contributed by atoms with Gasteiger partial charge >= 0.3 is 5.97 Å². The third-order valence-corrected chi connectivity index (χ3v) is 0.980. The molecule has 0 aromatic rings. The fourth-order valence-corrected chi connectivity index (χ4v) is 0.444. The molecule has 0 saturated carbocycles. The first-order valence-electron chi connectivity index (χ1n) is 3.08. The van der Waals surface area contributed by atoms with Gasteiger partial charge in [-0.3, -0.25) is 4.99 Å². The first-order chi connectivity index (χ1) is 5.22. The number of rotatable bonds is 3. The second kappa shape index (κ2) is 5.41. The smallest absolute Gasteiger partial charge is 0.337 e. The summed E-state index contributed by atoms with van der Waals surface area (Å²) >= 11 is 0. The molecule has 0 saturated heterocycles. The van der Waals surface area contributed by atoms with E-state index in [1.54, 1.807) is 25.4 Å². The van der Waals surface area contributed by atoms with E-state index in [4.69, 9.17) is 0 Å². The van der Waals surface area contributed by atoms with Crippen molar-refractivity contribution in [1.29, 1.82) is 0 Å². The van der Waals surface area contributed by atoms with Gasteiger partial charge in [0.1, 0.15) is 0 Å². The van der Waals surface area contributed by atoms with Gasteiger partial charge in [0, 0.05) is 13.3 Å². The van der Waals surface area contributed by atoms with Crippen LogP contribution < -0.4 is 0 Å². The standard InChI is InChI=1S/C8H11NO2/c1-7(8(10)11-3)5-4-6-9-2/h4-6H,1H2,2-3H3/b5-4-,9-6+. The third-order valence-electron chi connectivity index (χ3n) is 0.980. The quantitative estimate of drug-likeness (QED) is 0.262. The molecular formula is C8H11NO2. The van der Waals surface area contributed by atoms with Gasteiger partial charge in [0.25, 0.3) is 0 Å². The number of carbonyl (C=O) groups is 1. The first kappa shape index (κ1) is 9.62. The minimum Gasteiger partial charge on any atom is -0.465 e. The van der Waals surface area contributed by atoms with Gasteiger partial charge in [-0.2, -0.15) is 0 Å². The zero-order valence-electron chi connectivity index (χ0n) is 6.70. The lowest BCUT2D eigenvalue weighted by Crippen LogP contribution is -2.00. The van der Waals surface area contributed by atoms with Gasteiger partial charge in [-0.15, -0.1) is 0 Å². The second-order valence-electron chi connectivity index (χ2n) is 1.78. The predicted octanol–water partition coefficient (Wildman–Crippen LogP) is 0.972. The predicted molar refractivity (Wildman–Crippen MR) is 44.7 cm³/mol. The number of allylic oxidation sites excluding steroid dienone is 1. The van der Waals surface area contributed by atoms with Crippen LogP contribution in [0.2, 0.25) is 0 Å². The SMILES string of the molecule is C=C(/C=C\C=N\C)C(=O)OC. The fraction of sp³-hybridized carbons (Fsp3) is 0.250. The zero-order chi connectivity index (χ0) is 8.69. The van der Waals surface area contributed by atoms with E-state index in [0.29, 0.717) is 5.57 Å². The third kappa shape index (κ3) is 4.08. The van der Waals surface area contributed by atoms with Crippen LogP contribution in [0.5, 0.6) is 0 Å². The van der Waals surface area contributed by atoms with Gasteiger partial charge in [0.05, 0.1) is 12.7 Å². The summed E-state index contributed by atoms with van der Waals surface area (Å²) in [5.74, 6) is -0.425. The average molecular weight is 153 g/mol. The van der Waals surface area contributed by atoms with Crippen LogP contribution in [0.25, 0.3) is 0 Å². The number of esters is 1. The summed E-state index contributed by atoms with van der Waals surface area (Å²) < 4.78 is 4.41. The Hall–Kier alpha value is -1.38. The molecule has 0 aromatic carbocycles. The summed E-state index contributed by atoms with van der Waals surface area (Å²) in [6, 6.07) is 0. The van der Waals surface area contributed by atoms with Gasteiger partial charge in [0.15, 0.2) is 0 Å². The largest absolute Gasteiger partial charge is 0.465 e. The number of nitrogens with zero attached hydrogens (tertiary/aromatic N) is 1. The van der Waals surface area contributed by atoms with Crippen molar-refractivity contribution in [2.75, 3.05) is 14.2 Å². The van der Waals surface area contributed by atoms with Gasteiger partial charge in [-0.25, -0.2) is 4.79 Å². The number of carbonyl (C=O) groups excluding carboxylic acids is 1. The molecular weight excluding hydrogens is 142 g/mol. The van der Waals surface area contributed by atoms with E-state index in [9.17, 15) is 4.79 Å². The summed E-state index contributed by atoms with van der Waals surface area (Å²) in [4.78, 5) is 14.4. The summed E-state index contributed by atoms with van der Waals surface area (Å²) in [6.07, 6.45) is 4.73. The van der Waals surface area contributed by atoms with E-state index in [1.807, 2.05) is 0 Å². The molecule has 0 amide bonds. The Balaban J connectivity index is 3.97. The topological polar surface area (TPSA) is 38.7 Å². The molecule has 0 radical (unpaired) electrons. The Labute approximate surface area is 66.1 Å². The van der Waals surface area contributed by atoms with Crippen molar-refractivity contribution < 1.29 is 9.53 Å². The minimum atomic E-state index is -0.425. The molecule has 60 valence electrons. The van der Waals surface area contributed by atoms with Crippen molar-refractivity contribution in [2.45, 2.75) is 0 Å². The summed E-state index contributed by atoms with van der Waals surface area (Å²) in [7, 11) is 2.96. The van der Waals surface area contributed by atoms with Crippen LogP contribution >= 0.6 is 0 Å². The molecule has 0 rings (SSSR count). The van der Waals surface area contributed by atoms with Crippen molar-refractivity contribution in [3.8, 4) is 0 Å². The van der Waals surface area contributed by atoms with E-state index < -0.39 is 5.97 Å². The molecule has 0 aliphatic heterocycles. The van der Waals surface area contributed by atoms with Crippen LogP contribution in [0.4, 0.5) is 0 Å². The van der Waals surface area contributed by atoms with E-state index in [0.717, 1.165) is 0 Å². The van der Waals surface area contributed by atoms with Crippen molar-refractivity contribution in [1.82, 2.24) is 0 Å². The Kier molecular flexibility index (Phi) is 4.73. The molecule has 0 unspecified atom stereocenters. The maximum absolute atomic E-state index is 10.7. The monoisotopic (exact) mass is 153 g/mol. The molecule has 11 heavy (non-hydrogen) atoms. The Morgan fingerprint density at radius 1 is 1.64 bits per heavy atom. The minimum absolute atomic E-state index is 0.312. The molecule has 0 aliphatic rings. The molecule has 0 spiro atoms. The van der Waals surface area contributed by atoms with Gasteiger partial charge in [0.2, 0.25) is 0 Å². The Morgan fingerprint density at radius 2 is 2.27 bits per heavy atom. The van der Waals surface area contributed by atoms with Crippen molar-refractivity contribution in [3.63, 3.8) is 0 Å². The molecule has 0 fully saturated rings. The highest BCUT2D eigenvalue weighted by Crippen LogP contribution is 1.93. The number of hydrogen-bond acceptors (Lipinski definition) is 3. The molecule has 0 atom stereocenters. The van der Waals surface area contributed by atoms with Crippen LogP contribution in [-0.4, -0.2) is 26.3 Å². The van der Waals surface area contributed by atoms with Crippen LogP contribution in [0.3, 0.4) is 0 Å². The van der Waals surface area contributed by atoms with Gasteiger partial charge in [-0.1, -0.05) is 6.58 Å². The van der Waals surface area contributed by atoms with E-state index in [1.165, 1.54) is 7.11 Å². The normalized spacial score (nSPS) is 10.7. The van der Waals surface area contributed by atoms with Crippen LogP contribution in [0.15, 0.2) is 29.3 Å². The van der Waals surface area contributed by atoms with E-state index in [2.05, 4.69) is 16.3 Å². The Bertz CT molecular complexity index is 204. The highest BCUT2D eigenvalue weighted by Gasteiger charge is 1.99. The number of aliphatic imine (C=N–C) groups is 1. The summed E-state index contributed by atoms with van der Waals surface area (Å²) in [5.41, 5.74) is 0.312. The number of methoxy groups -OCH3 is 1. The van der Waals surface area contributed by atoms with Gasteiger partial charge in [-0.05, 0) is 12.2 Å². The second-order valence-corrected chi connectivity index (χ2v) is 1.78. The molecule has 3 nitrogen and oxygen atoms in total. The van der Waals surface area contributed by atoms with Crippen molar-refractivity contribution in [3.05, 3.63) is 24.3 Å². The maximum Gasteiger partial charge on any atom is 0.337 e. The molecule has 0 N–H and O–H groups in total. The molecule has 3 heteroatoms. The average Bonchev–Trinajstić information content (AvgIpc) is 2.03. The molecule has 0 aliphatic carbocycles. The lowest BCUT2D eigenvalue weighted by Gasteiger charge is -1.94. The maximum atomic E-state index is 10.7. The summed E-state index contributed by atoms with van der Waals surface area (Å²) in [6.45, 7) is 3.47. The number of ether oxygens (including phenoxy) is 1. The highest BCUT2D eigenvalue weighted by atomic mass is 16.5. The van der Waals surface area contributed by atoms with Gasteiger partial charge < -0.3 is 4.74 Å².